The Bertz CT molecular complexity index is 1070. The summed E-state index contributed by atoms with van der Waals surface area (Å²) in [6.07, 6.45) is 6.13. The van der Waals surface area contributed by atoms with Crippen molar-refractivity contribution < 1.29 is 5.11 Å². The lowest BCUT2D eigenvalue weighted by molar-refractivity contribution is 0.0263. The van der Waals surface area contributed by atoms with Gasteiger partial charge in [-0.25, -0.2) is 9.97 Å². The molecule has 1 unspecified atom stereocenters. The minimum atomic E-state index is -0.716. The third kappa shape index (κ3) is 4.24. The molecule has 0 aliphatic carbocycles. The molecular weight excluding hydrogens is 420 g/mol. The molecule has 0 amide bonds. The van der Waals surface area contributed by atoms with Gasteiger partial charge in [-0.2, -0.15) is 5.26 Å². The Hall–Kier alpha value is -2.73. The Kier molecular flexibility index (Phi) is 6.27. The molecule has 0 radical (unpaired) electrons. The predicted molar refractivity (Wildman–Crippen MR) is 122 cm³/mol. The van der Waals surface area contributed by atoms with Crippen molar-refractivity contribution in [2.24, 2.45) is 5.92 Å². The summed E-state index contributed by atoms with van der Waals surface area (Å²) in [6.45, 7) is 5.31. The molecule has 3 aromatic rings. The van der Waals surface area contributed by atoms with Crippen molar-refractivity contribution in [3.63, 3.8) is 0 Å². The third-order valence-electron chi connectivity index (χ3n) is 5.36. The number of aliphatic hydroxyl groups is 1. The number of halogens is 1. The van der Waals surface area contributed by atoms with Gasteiger partial charge in [0, 0.05) is 42.3 Å². The van der Waals surface area contributed by atoms with E-state index in [0.29, 0.717) is 22.6 Å². The molecule has 0 spiro atoms. The maximum atomic E-state index is 10.3. The zero-order chi connectivity index (χ0) is 20.6. The number of nitriles is 1. The van der Waals surface area contributed by atoms with Crippen LogP contribution < -0.4 is 10.6 Å². The Labute approximate surface area is 185 Å². The second-order valence-electron chi connectivity index (χ2n) is 7.79. The van der Waals surface area contributed by atoms with Gasteiger partial charge >= 0.3 is 0 Å². The fourth-order valence-corrected chi connectivity index (χ4v) is 4.25. The predicted octanol–water partition coefficient (Wildman–Crippen LogP) is 3.74. The van der Waals surface area contributed by atoms with Gasteiger partial charge in [0.25, 0.3) is 0 Å². The Morgan fingerprint density at radius 2 is 2.13 bits per heavy atom. The average molecular weight is 443 g/mol. The van der Waals surface area contributed by atoms with Gasteiger partial charge < -0.3 is 15.7 Å². The van der Waals surface area contributed by atoms with E-state index < -0.39 is 5.60 Å². The van der Waals surface area contributed by atoms with Crippen LogP contribution in [0, 0.1) is 17.2 Å². The van der Waals surface area contributed by atoms with E-state index in [9.17, 15) is 10.4 Å². The van der Waals surface area contributed by atoms with Crippen molar-refractivity contribution >= 4 is 35.1 Å². The fourth-order valence-electron chi connectivity index (χ4n) is 3.65. The minimum absolute atomic E-state index is 0. The van der Waals surface area contributed by atoms with E-state index in [1.54, 1.807) is 24.7 Å². The highest BCUT2D eigenvalue weighted by Gasteiger charge is 2.33. The van der Waals surface area contributed by atoms with Crippen LogP contribution in [0.5, 0.6) is 0 Å². The van der Waals surface area contributed by atoms with E-state index in [4.69, 9.17) is 5.73 Å². The van der Waals surface area contributed by atoms with Crippen molar-refractivity contribution in [2.75, 3.05) is 23.7 Å². The number of rotatable bonds is 4. The minimum Gasteiger partial charge on any atom is -0.398 e. The van der Waals surface area contributed by atoms with Gasteiger partial charge in [0.2, 0.25) is 0 Å². The molecule has 0 bridgehead atoms. The van der Waals surface area contributed by atoms with E-state index in [1.807, 2.05) is 25.3 Å². The summed E-state index contributed by atoms with van der Waals surface area (Å²) in [7, 11) is 0. The molecule has 0 aromatic carbocycles. The summed E-state index contributed by atoms with van der Waals surface area (Å²) in [5.41, 5.74) is 8.97. The van der Waals surface area contributed by atoms with Crippen LogP contribution >= 0.6 is 23.7 Å². The standard InChI is InChI=1S/C21H22N6OS.ClH/c1-21(2,28)14-3-5-27(12-14)15-7-13(10-24-11-15)19-16(9-22)17(23)8-18(26-19)20-25-4-6-29-20;/h4,6-8,10-11,14,28H,3,5,12H2,1-2H3,(H2,23,26);1H. The monoisotopic (exact) mass is 442 g/mol. The molecule has 4 rings (SSSR count). The van der Waals surface area contributed by atoms with Crippen LogP contribution in [0.1, 0.15) is 25.8 Å². The highest BCUT2D eigenvalue weighted by Crippen LogP contribution is 2.34. The summed E-state index contributed by atoms with van der Waals surface area (Å²) in [5.74, 6) is 0.197. The highest BCUT2D eigenvalue weighted by atomic mass is 35.5. The van der Waals surface area contributed by atoms with Gasteiger partial charge in [-0.05, 0) is 32.4 Å². The Morgan fingerprint density at radius 1 is 1.33 bits per heavy atom. The molecule has 3 N–H and O–H groups in total. The smallest absolute Gasteiger partial charge is 0.141 e. The van der Waals surface area contributed by atoms with Crippen LogP contribution in [0.3, 0.4) is 0 Å². The number of nitrogen functional groups attached to an aromatic ring is 1. The van der Waals surface area contributed by atoms with Crippen molar-refractivity contribution in [3.8, 4) is 28.0 Å². The zero-order valence-corrected chi connectivity index (χ0v) is 18.4. The van der Waals surface area contributed by atoms with Crippen LogP contribution in [0.25, 0.3) is 22.0 Å². The lowest BCUT2D eigenvalue weighted by atomic mass is 9.90. The van der Waals surface area contributed by atoms with E-state index in [1.165, 1.54) is 11.3 Å². The highest BCUT2D eigenvalue weighted by molar-refractivity contribution is 7.13. The average Bonchev–Trinajstić information content (AvgIpc) is 3.39. The van der Waals surface area contributed by atoms with Crippen molar-refractivity contribution in [1.82, 2.24) is 15.0 Å². The first-order chi connectivity index (χ1) is 13.9. The summed E-state index contributed by atoms with van der Waals surface area (Å²) < 4.78 is 0. The first-order valence-electron chi connectivity index (χ1n) is 9.40. The molecule has 9 heteroatoms. The van der Waals surface area contributed by atoms with Gasteiger partial charge in [-0.1, -0.05) is 0 Å². The SMILES string of the molecule is CC(C)(O)C1CCN(c2cncc(-c3nc(-c4nccs4)cc(N)c3C#N)c2)C1.Cl. The Morgan fingerprint density at radius 3 is 2.77 bits per heavy atom. The van der Waals surface area contributed by atoms with E-state index in [-0.39, 0.29) is 18.3 Å². The molecule has 30 heavy (non-hydrogen) atoms. The quantitative estimate of drug-likeness (QED) is 0.632. The molecule has 1 aliphatic rings. The second kappa shape index (κ2) is 8.56. The Balaban J connectivity index is 0.00000256. The lowest BCUT2D eigenvalue weighted by Crippen LogP contribution is -2.33. The number of thiazole rings is 1. The molecule has 7 nitrogen and oxygen atoms in total. The number of aromatic nitrogens is 3. The normalized spacial score (nSPS) is 16.2. The van der Waals surface area contributed by atoms with Crippen LogP contribution in [0.2, 0.25) is 0 Å². The van der Waals surface area contributed by atoms with Crippen LogP contribution in [-0.2, 0) is 0 Å². The molecule has 1 fully saturated rings. The molecule has 1 atom stereocenters. The number of hydrogen-bond acceptors (Lipinski definition) is 8. The topological polar surface area (TPSA) is 112 Å². The second-order valence-corrected chi connectivity index (χ2v) is 8.68. The van der Waals surface area contributed by atoms with Gasteiger partial charge in [0.05, 0.1) is 28.9 Å². The largest absolute Gasteiger partial charge is 0.398 e. The number of pyridine rings is 2. The number of nitrogens with zero attached hydrogens (tertiary/aromatic N) is 5. The van der Waals surface area contributed by atoms with E-state index in [0.717, 1.165) is 35.8 Å². The van der Waals surface area contributed by atoms with Crippen molar-refractivity contribution in [3.05, 3.63) is 41.7 Å². The number of anilines is 2. The van der Waals surface area contributed by atoms with Gasteiger partial charge in [0.1, 0.15) is 22.3 Å². The first-order valence-corrected chi connectivity index (χ1v) is 10.3. The molecule has 156 valence electrons. The van der Waals surface area contributed by atoms with E-state index >= 15 is 0 Å². The van der Waals surface area contributed by atoms with Crippen LogP contribution in [-0.4, -0.2) is 38.7 Å². The van der Waals surface area contributed by atoms with Gasteiger partial charge in [-0.3, -0.25) is 4.98 Å². The molecule has 0 saturated carbocycles. The first kappa shape index (κ1) is 22.0. The molecule has 1 aliphatic heterocycles. The molecular formula is C21H23ClN6OS. The lowest BCUT2D eigenvalue weighted by Gasteiger charge is -2.26. The molecule has 3 aromatic heterocycles. The summed E-state index contributed by atoms with van der Waals surface area (Å²) in [6, 6.07) is 5.84. The van der Waals surface area contributed by atoms with Gasteiger partial charge in [0.15, 0.2) is 0 Å². The summed E-state index contributed by atoms with van der Waals surface area (Å²) in [4.78, 5) is 15.6. The van der Waals surface area contributed by atoms with Gasteiger partial charge in [-0.15, -0.1) is 23.7 Å². The van der Waals surface area contributed by atoms with Crippen molar-refractivity contribution in [2.45, 2.75) is 25.9 Å². The third-order valence-corrected chi connectivity index (χ3v) is 6.16. The summed E-state index contributed by atoms with van der Waals surface area (Å²) in [5, 5.41) is 22.6. The molecule has 1 saturated heterocycles. The molecule has 4 heterocycles. The van der Waals surface area contributed by atoms with Crippen LogP contribution in [0.15, 0.2) is 36.1 Å². The maximum Gasteiger partial charge on any atom is 0.141 e. The zero-order valence-electron chi connectivity index (χ0n) is 16.7. The van der Waals surface area contributed by atoms with Crippen molar-refractivity contribution in [1.29, 1.82) is 5.26 Å². The number of nitrogens with two attached hydrogens (primary N) is 1. The fraction of sp³-hybridized carbons (Fsp3) is 0.333. The number of hydrogen-bond donors (Lipinski definition) is 2. The van der Waals surface area contributed by atoms with E-state index in [2.05, 4.69) is 25.9 Å². The van der Waals surface area contributed by atoms with Crippen LogP contribution in [0.4, 0.5) is 11.4 Å². The maximum absolute atomic E-state index is 10.3. The summed E-state index contributed by atoms with van der Waals surface area (Å²) >= 11 is 1.47.